The number of hydrogen-bond acceptors (Lipinski definition) is 6. The first-order chi connectivity index (χ1) is 12.2. The second kappa shape index (κ2) is 8.22. The van der Waals surface area contributed by atoms with Crippen LogP contribution in [-0.4, -0.2) is 26.8 Å². The summed E-state index contributed by atoms with van der Waals surface area (Å²) in [5.41, 5.74) is 0.973. The molecule has 0 bridgehead atoms. The number of aromatic nitrogens is 3. The van der Waals surface area contributed by atoms with E-state index in [1.807, 2.05) is 44.2 Å². The van der Waals surface area contributed by atoms with E-state index in [0.29, 0.717) is 18.1 Å². The summed E-state index contributed by atoms with van der Waals surface area (Å²) >= 11 is 7.58. The van der Waals surface area contributed by atoms with Gasteiger partial charge in [-0.2, -0.15) is 9.78 Å². The van der Waals surface area contributed by atoms with Crippen molar-refractivity contribution in [3.8, 4) is 5.75 Å². The van der Waals surface area contributed by atoms with Crippen molar-refractivity contribution in [3.63, 3.8) is 0 Å². The number of thioether (sulfide) groups is 1. The maximum atomic E-state index is 6.01. The third kappa shape index (κ3) is 4.64. The number of nitrogens with zero attached hydrogens (tertiary/aromatic N) is 4. The highest BCUT2D eigenvalue weighted by atomic mass is 35.5. The standard InChI is InChI=1S/C17H17ClN4O2S/c1-3-25-17-21-19-11-22(17)20-9-14-4-5-15(24-14)10-23-13-6-7-16(18)12(2)8-13/h4-9,11H,3,10H2,1-2H3/b20-9+. The maximum Gasteiger partial charge on any atom is 0.211 e. The second-order valence-corrected chi connectivity index (χ2v) is 6.78. The lowest BCUT2D eigenvalue weighted by Crippen LogP contribution is -1.94. The normalized spacial score (nSPS) is 11.3. The minimum absolute atomic E-state index is 0.332. The van der Waals surface area contributed by atoms with Gasteiger partial charge in [0.15, 0.2) is 0 Å². The van der Waals surface area contributed by atoms with Crippen LogP contribution in [0.1, 0.15) is 24.0 Å². The number of hydrogen-bond donors (Lipinski definition) is 0. The lowest BCUT2D eigenvalue weighted by Gasteiger charge is -2.05. The largest absolute Gasteiger partial charge is 0.486 e. The van der Waals surface area contributed by atoms with Gasteiger partial charge in [0.2, 0.25) is 5.16 Å². The number of furan rings is 1. The molecule has 0 aliphatic rings. The highest BCUT2D eigenvalue weighted by Crippen LogP contribution is 2.22. The molecule has 0 aliphatic carbocycles. The summed E-state index contributed by atoms with van der Waals surface area (Å²) in [4.78, 5) is 0. The van der Waals surface area contributed by atoms with Gasteiger partial charge in [0, 0.05) is 5.02 Å². The van der Waals surface area contributed by atoms with Gasteiger partial charge in [-0.05, 0) is 48.6 Å². The van der Waals surface area contributed by atoms with Gasteiger partial charge in [-0.3, -0.25) is 0 Å². The van der Waals surface area contributed by atoms with Crippen molar-refractivity contribution in [2.75, 3.05) is 5.75 Å². The van der Waals surface area contributed by atoms with Crippen molar-refractivity contribution < 1.29 is 9.15 Å². The van der Waals surface area contributed by atoms with Gasteiger partial charge < -0.3 is 9.15 Å². The maximum absolute atomic E-state index is 6.01. The van der Waals surface area contributed by atoms with Crippen LogP contribution in [0.3, 0.4) is 0 Å². The molecule has 1 aromatic carbocycles. The Morgan fingerprint density at radius 3 is 3.04 bits per heavy atom. The summed E-state index contributed by atoms with van der Waals surface area (Å²) in [6.45, 7) is 4.32. The number of benzene rings is 1. The number of ether oxygens (including phenoxy) is 1. The van der Waals surface area contributed by atoms with Crippen molar-refractivity contribution in [1.82, 2.24) is 14.9 Å². The Labute approximate surface area is 154 Å². The summed E-state index contributed by atoms with van der Waals surface area (Å²) in [7, 11) is 0. The molecule has 0 unspecified atom stereocenters. The first kappa shape index (κ1) is 17.6. The van der Waals surface area contributed by atoms with E-state index in [1.54, 1.807) is 29.0 Å². The van der Waals surface area contributed by atoms with Gasteiger partial charge >= 0.3 is 0 Å². The average Bonchev–Trinajstić information content (AvgIpc) is 3.24. The molecule has 0 saturated carbocycles. The van der Waals surface area contributed by atoms with Crippen LogP contribution in [0, 0.1) is 6.92 Å². The molecule has 2 aromatic heterocycles. The first-order valence-electron chi connectivity index (χ1n) is 7.70. The predicted molar refractivity (Wildman–Crippen MR) is 98.6 cm³/mol. The Morgan fingerprint density at radius 1 is 1.36 bits per heavy atom. The molecule has 130 valence electrons. The molecule has 0 spiro atoms. The summed E-state index contributed by atoms with van der Waals surface area (Å²) in [6, 6.07) is 9.24. The molecule has 25 heavy (non-hydrogen) atoms. The van der Waals surface area contributed by atoms with E-state index >= 15 is 0 Å². The minimum atomic E-state index is 0.332. The summed E-state index contributed by atoms with van der Waals surface area (Å²) < 4.78 is 13.0. The van der Waals surface area contributed by atoms with E-state index in [1.165, 1.54) is 0 Å². The van der Waals surface area contributed by atoms with Crippen LogP contribution in [0.2, 0.25) is 5.02 Å². The van der Waals surface area contributed by atoms with Crippen molar-refractivity contribution >= 4 is 29.6 Å². The zero-order chi connectivity index (χ0) is 17.6. The Balaban J connectivity index is 1.61. The van der Waals surface area contributed by atoms with Crippen molar-refractivity contribution in [2.45, 2.75) is 25.6 Å². The van der Waals surface area contributed by atoms with Crippen molar-refractivity contribution in [2.24, 2.45) is 5.10 Å². The van der Waals surface area contributed by atoms with E-state index in [0.717, 1.165) is 27.2 Å². The van der Waals surface area contributed by atoms with Crippen LogP contribution in [-0.2, 0) is 6.61 Å². The van der Waals surface area contributed by atoms with Crippen molar-refractivity contribution in [1.29, 1.82) is 0 Å². The van der Waals surface area contributed by atoms with Crippen LogP contribution in [0.15, 0.2) is 51.3 Å². The van der Waals surface area contributed by atoms with Crippen molar-refractivity contribution in [3.05, 3.63) is 58.8 Å². The molecule has 0 N–H and O–H groups in total. The number of rotatable bonds is 7. The molecule has 3 aromatic rings. The van der Waals surface area contributed by atoms with Crippen LogP contribution in [0.5, 0.6) is 5.75 Å². The van der Waals surface area contributed by atoms with Crippen LogP contribution < -0.4 is 4.74 Å². The molecule has 0 aliphatic heterocycles. The van der Waals surface area contributed by atoms with Gasteiger partial charge in [-0.25, -0.2) is 0 Å². The third-order valence-electron chi connectivity index (χ3n) is 3.28. The lowest BCUT2D eigenvalue weighted by atomic mass is 10.2. The summed E-state index contributed by atoms with van der Waals surface area (Å²) in [6.07, 6.45) is 3.18. The molecule has 0 radical (unpaired) electrons. The molecule has 3 rings (SSSR count). The predicted octanol–water partition coefficient (Wildman–Crippen LogP) is 4.41. The van der Waals surface area contributed by atoms with Crippen LogP contribution in [0.25, 0.3) is 0 Å². The number of halogens is 1. The summed E-state index contributed by atoms with van der Waals surface area (Å²) in [5, 5.41) is 13.6. The Morgan fingerprint density at radius 2 is 2.24 bits per heavy atom. The molecule has 0 saturated heterocycles. The Bertz CT molecular complexity index is 875. The van der Waals surface area contributed by atoms with E-state index in [4.69, 9.17) is 20.8 Å². The number of aryl methyl sites for hydroxylation is 1. The smallest absolute Gasteiger partial charge is 0.211 e. The fraction of sp³-hybridized carbons (Fsp3) is 0.235. The SMILES string of the molecule is CCSc1nncn1/N=C/c1ccc(COc2ccc(Cl)c(C)c2)o1. The van der Waals surface area contributed by atoms with E-state index in [-0.39, 0.29) is 0 Å². The van der Waals surface area contributed by atoms with Crippen LogP contribution >= 0.6 is 23.4 Å². The fourth-order valence-corrected chi connectivity index (χ4v) is 2.75. The van der Waals surface area contributed by atoms with E-state index < -0.39 is 0 Å². The molecule has 0 amide bonds. The monoisotopic (exact) mass is 376 g/mol. The van der Waals surface area contributed by atoms with Gasteiger partial charge in [-0.15, -0.1) is 10.2 Å². The topological polar surface area (TPSA) is 65.4 Å². The van der Waals surface area contributed by atoms with E-state index in [9.17, 15) is 0 Å². The highest BCUT2D eigenvalue weighted by Gasteiger charge is 2.05. The molecular formula is C17H17ClN4O2S. The molecular weight excluding hydrogens is 360 g/mol. The quantitative estimate of drug-likeness (QED) is 0.451. The minimum Gasteiger partial charge on any atom is -0.486 e. The zero-order valence-electron chi connectivity index (χ0n) is 13.8. The second-order valence-electron chi connectivity index (χ2n) is 5.14. The first-order valence-corrected chi connectivity index (χ1v) is 9.07. The Kier molecular flexibility index (Phi) is 5.78. The van der Waals surface area contributed by atoms with Gasteiger partial charge in [-0.1, -0.05) is 30.3 Å². The molecule has 0 fully saturated rings. The average molecular weight is 377 g/mol. The van der Waals surface area contributed by atoms with Gasteiger partial charge in [0.05, 0.1) is 6.21 Å². The summed E-state index contributed by atoms with van der Waals surface area (Å²) in [5.74, 6) is 2.99. The molecule has 6 nitrogen and oxygen atoms in total. The third-order valence-corrected chi connectivity index (χ3v) is 4.52. The van der Waals surface area contributed by atoms with Gasteiger partial charge in [0.25, 0.3) is 0 Å². The molecule has 0 atom stereocenters. The molecule has 2 heterocycles. The molecule has 8 heteroatoms. The fourth-order valence-electron chi connectivity index (χ4n) is 2.04. The Hall–Kier alpha value is -2.25. The van der Waals surface area contributed by atoms with Crippen LogP contribution in [0.4, 0.5) is 0 Å². The highest BCUT2D eigenvalue weighted by molar-refractivity contribution is 7.99. The van der Waals surface area contributed by atoms with Gasteiger partial charge in [0.1, 0.15) is 30.2 Å². The zero-order valence-corrected chi connectivity index (χ0v) is 15.4. The van der Waals surface area contributed by atoms with E-state index in [2.05, 4.69) is 15.3 Å². The lowest BCUT2D eigenvalue weighted by molar-refractivity contribution is 0.269.